The third-order valence-corrected chi connectivity index (χ3v) is 7.10. The largest absolute Gasteiger partial charge is 0.320 e. The SMILES string of the molecule is Cc1ccc2c(c1)c1c(n2C=C2CCc3cnccc32)CC2CCC1N2C. The van der Waals surface area contributed by atoms with Gasteiger partial charge >= 0.3 is 0 Å². The van der Waals surface area contributed by atoms with Gasteiger partial charge in [0.15, 0.2) is 0 Å². The van der Waals surface area contributed by atoms with Crippen LogP contribution in [0.15, 0.2) is 36.7 Å². The highest BCUT2D eigenvalue weighted by atomic mass is 15.2. The van der Waals surface area contributed by atoms with Crippen LogP contribution >= 0.6 is 0 Å². The van der Waals surface area contributed by atoms with Crippen LogP contribution in [0, 0.1) is 6.92 Å². The first-order valence-corrected chi connectivity index (χ1v) is 10.2. The standard InChI is InChI=1S/C24H25N3/c1-15-3-7-21-20(11-15)24-22-8-6-18(26(22)2)12-23(24)27(21)14-17-5-4-16-13-25-10-9-19(16)17/h3,7,9-11,13-14,18,22H,4-6,8,12H2,1-2H3. The van der Waals surface area contributed by atoms with Crippen molar-refractivity contribution in [3.8, 4) is 0 Å². The molecule has 1 fully saturated rings. The average molecular weight is 355 g/mol. The van der Waals surface area contributed by atoms with Crippen LogP contribution < -0.4 is 0 Å². The fourth-order valence-corrected chi connectivity index (χ4v) is 5.70. The summed E-state index contributed by atoms with van der Waals surface area (Å²) in [5.41, 5.74) is 10.1. The molecule has 1 aromatic carbocycles. The Kier molecular flexibility index (Phi) is 3.22. The Morgan fingerprint density at radius 3 is 3.00 bits per heavy atom. The Labute approximate surface area is 160 Å². The number of hydrogen-bond donors (Lipinski definition) is 0. The van der Waals surface area contributed by atoms with Crippen molar-refractivity contribution in [3.63, 3.8) is 0 Å². The molecule has 0 saturated carbocycles. The molecule has 136 valence electrons. The second-order valence-electron chi connectivity index (χ2n) is 8.55. The average Bonchev–Trinajstić information content (AvgIpc) is 3.28. The first-order chi connectivity index (χ1) is 13.2. The Morgan fingerprint density at radius 2 is 2.07 bits per heavy atom. The molecule has 2 aliphatic heterocycles. The molecule has 0 spiro atoms. The Balaban J connectivity index is 1.61. The molecule has 2 atom stereocenters. The van der Waals surface area contributed by atoms with Crippen molar-refractivity contribution in [1.29, 1.82) is 0 Å². The van der Waals surface area contributed by atoms with Gasteiger partial charge in [0.2, 0.25) is 0 Å². The first kappa shape index (κ1) is 15.6. The summed E-state index contributed by atoms with van der Waals surface area (Å²) in [6, 6.07) is 10.5. The molecule has 6 rings (SSSR count). The summed E-state index contributed by atoms with van der Waals surface area (Å²) in [6.45, 7) is 2.21. The predicted molar refractivity (Wildman–Crippen MR) is 111 cm³/mol. The number of aryl methyl sites for hydroxylation is 2. The lowest BCUT2D eigenvalue weighted by atomic mass is 9.97. The Morgan fingerprint density at radius 1 is 1.15 bits per heavy atom. The minimum atomic E-state index is 0.586. The molecule has 1 saturated heterocycles. The maximum Gasteiger partial charge on any atom is 0.0529 e. The van der Waals surface area contributed by atoms with Crippen LogP contribution in [-0.4, -0.2) is 27.5 Å². The molecule has 3 heteroatoms. The first-order valence-electron chi connectivity index (χ1n) is 10.2. The summed E-state index contributed by atoms with van der Waals surface area (Å²) in [6.07, 6.45) is 12.4. The van der Waals surface area contributed by atoms with E-state index < -0.39 is 0 Å². The molecule has 1 aliphatic carbocycles. The molecular weight excluding hydrogens is 330 g/mol. The number of likely N-dealkylation sites (N-methyl/N-ethyl adjacent to an activating group) is 1. The van der Waals surface area contributed by atoms with Crippen molar-refractivity contribution in [2.75, 3.05) is 7.05 Å². The predicted octanol–water partition coefficient (Wildman–Crippen LogP) is 4.98. The summed E-state index contributed by atoms with van der Waals surface area (Å²) in [5.74, 6) is 0. The van der Waals surface area contributed by atoms with Crippen LogP contribution in [0.2, 0.25) is 0 Å². The van der Waals surface area contributed by atoms with Gasteiger partial charge in [-0.3, -0.25) is 9.88 Å². The minimum absolute atomic E-state index is 0.586. The number of pyridine rings is 1. The molecule has 2 bridgehead atoms. The molecule has 0 amide bonds. The van der Waals surface area contributed by atoms with E-state index in [9.17, 15) is 0 Å². The van der Waals surface area contributed by atoms with E-state index in [0.29, 0.717) is 12.1 Å². The van der Waals surface area contributed by atoms with E-state index in [2.05, 4.69) is 58.9 Å². The van der Waals surface area contributed by atoms with E-state index >= 15 is 0 Å². The van der Waals surface area contributed by atoms with Gasteiger partial charge in [0.1, 0.15) is 0 Å². The molecule has 2 unspecified atom stereocenters. The van der Waals surface area contributed by atoms with Crippen LogP contribution in [-0.2, 0) is 12.8 Å². The third-order valence-electron chi connectivity index (χ3n) is 7.10. The number of rotatable bonds is 1. The maximum atomic E-state index is 4.31. The van der Waals surface area contributed by atoms with E-state index in [1.54, 1.807) is 11.3 Å². The van der Waals surface area contributed by atoms with E-state index in [0.717, 1.165) is 12.8 Å². The second kappa shape index (κ2) is 5.56. The van der Waals surface area contributed by atoms with Crippen molar-refractivity contribution in [2.24, 2.45) is 0 Å². The Hall–Kier alpha value is -2.39. The van der Waals surface area contributed by atoms with Gasteiger partial charge in [0.05, 0.1) is 5.52 Å². The van der Waals surface area contributed by atoms with Crippen molar-refractivity contribution in [2.45, 2.75) is 51.1 Å². The number of aromatic nitrogens is 2. The zero-order valence-corrected chi connectivity index (χ0v) is 16.1. The zero-order valence-electron chi connectivity index (χ0n) is 16.1. The number of nitrogens with zero attached hydrogens (tertiary/aromatic N) is 3. The summed E-state index contributed by atoms with van der Waals surface area (Å²) in [4.78, 5) is 6.94. The smallest absolute Gasteiger partial charge is 0.0529 e. The fraction of sp³-hybridized carbons (Fsp3) is 0.375. The lowest BCUT2D eigenvalue weighted by Gasteiger charge is -2.32. The van der Waals surface area contributed by atoms with Crippen LogP contribution in [0.4, 0.5) is 0 Å². The van der Waals surface area contributed by atoms with Crippen LogP contribution in [0.5, 0.6) is 0 Å². The number of allylic oxidation sites excluding steroid dienone is 1. The van der Waals surface area contributed by atoms with Gasteiger partial charge < -0.3 is 4.57 Å². The molecule has 0 radical (unpaired) electrons. The van der Waals surface area contributed by atoms with Crippen molar-refractivity contribution < 1.29 is 0 Å². The monoisotopic (exact) mass is 355 g/mol. The van der Waals surface area contributed by atoms with Crippen LogP contribution in [0.25, 0.3) is 22.7 Å². The van der Waals surface area contributed by atoms with Crippen molar-refractivity contribution in [1.82, 2.24) is 14.5 Å². The fourth-order valence-electron chi connectivity index (χ4n) is 5.70. The highest BCUT2D eigenvalue weighted by Crippen LogP contribution is 2.47. The van der Waals surface area contributed by atoms with Gasteiger partial charge in [-0.25, -0.2) is 0 Å². The molecule has 3 aliphatic rings. The quantitative estimate of drug-likeness (QED) is 0.614. The van der Waals surface area contributed by atoms with E-state index in [4.69, 9.17) is 0 Å². The van der Waals surface area contributed by atoms with Crippen molar-refractivity contribution in [3.05, 3.63) is 64.6 Å². The molecular formula is C24H25N3. The van der Waals surface area contributed by atoms with Gasteiger partial charge in [-0.1, -0.05) is 11.6 Å². The van der Waals surface area contributed by atoms with Gasteiger partial charge in [-0.2, -0.15) is 0 Å². The number of hydrogen-bond acceptors (Lipinski definition) is 2. The van der Waals surface area contributed by atoms with Gasteiger partial charge in [0, 0.05) is 48.2 Å². The third kappa shape index (κ3) is 2.15. The van der Waals surface area contributed by atoms with Crippen LogP contribution in [0.3, 0.4) is 0 Å². The molecule has 3 aromatic rings. The minimum Gasteiger partial charge on any atom is -0.320 e. The summed E-state index contributed by atoms with van der Waals surface area (Å²) >= 11 is 0. The highest BCUT2D eigenvalue weighted by molar-refractivity contribution is 5.92. The zero-order chi connectivity index (χ0) is 18.1. The van der Waals surface area contributed by atoms with Crippen LogP contribution in [0.1, 0.15) is 53.3 Å². The molecule has 27 heavy (non-hydrogen) atoms. The number of fused-ring (bicyclic) bond motifs is 7. The molecule has 2 aromatic heterocycles. The van der Waals surface area contributed by atoms with Gasteiger partial charge in [-0.15, -0.1) is 0 Å². The lowest BCUT2D eigenvalue weighted by molar-refractivity contribution is 0.223. The summed E-state index contributed by atoms with van der Waals surface area (Å²) in [5, 5.41) is 1.46. The number of benzene rings is 1. The van der Waals surface area contributed by atoms with E-state index in [-0.39, 0.29) is 0 Å². The van der Waals surface area contributed by atoms with Gasteiger partial charge in [0.25, 0.3) is 0 Å². The topological polar surface area (TPSA) is 21.1 Å². The Bertz CT molecular complexity index is 1100. The highest BCUT2D eigenvalue weighted by Gasteiger charge is 2.40. The molecule has 3 nitrogen and oxygen atoms in total. The summed E-state index contributed by atoms with van der Waals surface area (Å²) in [7, 11) is 2.32. The normalized spacial score (nSPS) is 25.3. The second-order valence-corrected chi connectivity index (χ2v) is 8.55. The van der Waals surface area contributed by atoms with E-state index in [1.165, 1.54) is 52.4 Å². The van der Waals surface area contributed by atoms with E-state index in [1.807, 2.05) is 12.4 Å². The molecule has 4 heterocycles. The van der Waals surface area contributed by atoms with Crippen molar-refractivity contribution >= 4 is 22.7 Å². The maximum absolute atomic E-state index is 4.31. The molecule has 0 N–H and O–H groups in total. The lowest BCUT2D eigenvalue weighted by Crippen LogP contribution is -2.34. The van der Waals surface area contributed by atoms with Gasteiger partial charge in [-0.05, 0) is 80.1 Å². The summed E-state index contributed by atoms with van der Waals surface area (Å²) < 4.78 is 2.54.